The van der Waals surface area contributed by atoms with Gasteiger partial charge in [-0.3, -0.25) is 0 Å². The molecule has 50 heavy (non-hydrogen) atoms. The lowest BCUT2D eigenvalue weighted by Crippen LogP contribution is -2.28. The zero-order valence-corrected chi connectivity index (χ0v) is 27.3. The fraction of sp³-hybridized carbons (Fsp3) is 0.111. The van der Waals surface area contributed by atoms with E-state index < -0.39 is 0 Å². The average Bonchev–Trinajstić information content (AvgIpc) is 3.79. The predicted molar refractivity (Wildman–Crippen MR) is 198 cm³/mol. The van der Waals surface area contributed by atoms with Crippen LogP contribution in [0.3, 0.4) is 0 Å². The number of allylic oxidation sites excluding steroid dienone is 1. The molecule has 5 nitrogen and oxygen atoms in total. The first kappa shape index (κ1) is 28.5. The summed E-state index contributed by atoms with van der Waals surface area (Å²) in [5, 5.41) is 22.2. The van der Waals surface area contributed by atoms with Gasteiger partial charge in [-0.25, -0.2) is 0 Å². The van der Waals surface area contributed by atoms with E-state index >= 15 is 0 Å². The van der Waals surface area contributed by atoms with Crippen LogP contribution in [0.5, 0.6) is 5.75 Å². The number of para-hydroxylation sites is 3. The number of rotatable bonds is 3. The summed E-state index contributed by atoms with van der Waals surface area (Å²) in [4.78, 5) is 0. The van der Waals surface area contributed by atoms with Gasteiger partial charge < -0.3 is 13.9 Å². The van der Waals surface area contributed by atoms with Gasteiger partial charge in [-0.05, 0) is 85.2 Å². The number of nitrogens with zero attached hydrogens (tertiary/aromatic N) is 4. The number of hydrogen-bond donors (Lipinski definition) is 0. The Labute approximate surface area is 289 Å². The summed E-state index contributed by atoms with van der Waals surface area (Å²) in [5.74, 6) is 0.777. The molecule has 3 aliphatic rings. The van der Waals surface area contributed by atoms with Crippen LogP contribution >= 0.6 is 0 Å². The zero-order valence-electron chi connectivity index (χ0n) is 27.3. The molecular weight excluding hydrogens is 613 g/mol. The molecule has 0 saturated carbocycles. The zero-order chi connectivity index (χ0) is 33.6. The molecule has 5 heteroatoms. The largest absolute Gasteiger partial charge is 0.484 e. The highest BCUT2D eigenvalue weighted by Crippen LogP contribution is 2.56. The van der Waals surface area contributed by atoms with Gasteiger partial charge in [0.15, 0.2) is 0 Å². The van der Waals surface area contributed by atoms with Crippen LogP contribution in [-0.4, -0.2) is 9.13 Å². The first-order valence-corrected chi connectivity index (χ1v) is 17.0. The van der Waals surface area contributed by atoms with Crippen molar-refractivity contribution in [1.29, 1.82) is 10.5 Å². The van der Waals surface area contributed by atoms with Gasteiger partial charge in [0, 0.05) is 38.8 Å². The molecule has 2 aromatic heterocycles. The summed E-state index contributed by atoms with van der Waals surface area (Å²) in [6.45, 7) is 2.28. The standard InChI is InChI=1S/C45H30N4O/c1-45-22-21-40-43(44(45)50-42-14-8-6-12-36(42)45)33-18-17-30(25-41(33)48(40)31-9-3-2-4-10-31)34-23-28(26-46)15-19-38(34)49-37-13-7-5-11-32(37)35-24-29(27-47)16-20-39(35)49/h2-23,25,29,44H,24H2,1H3. The van der Waals surface area contributed by atoms with Crippen molar-refractivity contribution in [3.05, 3.63) is 161 Å². The molecule has 0 bridgehead atoms. The first-order valence-electron chi connectivity index (χ1n) is 17.0. The Morgan fingerprint density at radius 1 is 0.760 bits per heavy atom. The molecule has 0 spiro atoms. The summed E-state index contributed by atoms with van der Waals surface area (Å²) >= 11 is 0. The Balaban J connectivity index is 1.23. The molecule has 3 unspecified atom stereocenters. The van der Waals surface area contributed by atoms with Crippen LogP contribution in [-0.2, 0) is 11.8 Å². The molecule has 3 atom stereocenters. The topological polar surface area (TPSA) is 66.7 Å². The maximum absolute atomic E-state index is 10.1. The highest BCUT2D eigenvalue weighted by Gasteiger charge is 2.48. The van der Waals surface area contributed by atoms with E-state index in [1.807, 2.05) is 30.3 Å². The summed E-state index contributed by atoms with van der Waals surface area (Å²) in [7, 11) is 0. The van der Waals surface area contributed by atoms with E-state index in [0.717, 1.165) is 61.4 Å². The molecule has 1 aliphatic heterocycles. The van der Waals surface area contributed by atoms with Crippen LogP contribution in [0.1, 0.15) is 46.7 Å². The van der Waals surface area contributed by atoms with Crippen molar-refractivity contribution in [2.75, 3.05) is 0 Å². The van der Waals surface area contributed by atoms with Crippen molar-refractivity contribution in [1.82, 2.24) is 9.13 Å². The van der Waals surface area contributed by atoms with Crippen molar-refractivity contribution in [2.24, 2.45) is 5.92 Å². The lowest BCUT2D eigenvalue weighted by Gasteiger charge is -2.31. The normalized spacial score (nSPS) is 19.7. The highest BCUT2D eigenvalue weighted by molar-refractivity contribution is 5.97. The van der Waals surface area contributed by atoms with Crippen molar-refractivity contribution >= 4 is 34.0 Å². The SMILES string of the molecule is CC12C=Cc3c(c4ccc(-c5cc(C#N)ccc5-n5c6c(c7ccccc75)CC(C#N)C=C6)cc4n3-c3ccccc3)C1Oc1ccccc12. The van der Waals surface area contributed by atoms with Crippen LogP contribution in [0, 0.1) is 28.6 Å². The van der Waals surface area contributed by atoms with Gasteiger partial charge in [-0.15, -0.1) is 0 Å². The summed E-state index contributed by atoms with van der Waals surface area (Å²) < 4.78 is 11.4. The van der Waals surface area contributed by atoms with Gasteiger partial charge in [-0.1, -0.05) is 78.9 Å². The number of nitriles is 2. The van der Waals surface area contributed by atoms with E-state index in [1.54, 1.807) is 0 Å². The monoisotopic (exact) mass is 642 g/mol. The Morgan fingerprint density at radius 3 is 2.44 bits per heavy atom. The molecule has 2 aliphatic carbocycles. The number of fused-ring (bicyclic) bond motifs is 10. The third-order valence-electron chi connectivity index (χ3n) is 10.9. The average molecular weight is 643 g/mol. The summed E-state index contributed by atoms with van der Waals surface area (Å²) in [5.41, 5.74) is 12.3. The lowest BCUT2D eigenvalue weighted by molar-refractivity contribution is 0.183. The third-order valence-corrected chi connectivity index (χ3v) is 10.9. The van der Waals surface area contributed by atoms with Gasteiger partial charge in [0.1, 0.15) is 11.9 Å². The van der Waals surface area contributed by atoms with E-state index in [-0.39, 0.29) is 17.4 Å². The van der Waals surface area contributed by atoms with Crippen LogP contribution in [0.15, 0.2) is 127 Å². The Bertz CT molecular complexity index is 2710. The number of benzene rings is 5. The van der Waals surface area contributed by atoms with Gasteiger partial charge in [-0.2, -0.15) is 10.5 Å². The second-order valence-electron chi connectivity index (χ2n) is 13.7. The molecule has 0 radical (unpaired) electrons. The second kappa shape index (κ2) is 10.5. The van der Waals surface area contributed by atoms with Gasteiger partial charge in [0.25, 0.3) is 0 Å². The Morgan fingerprint density at radius 2 is 1.58 bits per heavy atom. The van der Waals surface area contributed by atoms with Crippen LogP contribution in [0.4, 0.5) is 0 Å². The predicted octanol–water partition coefficient (Wildman–Crippen LogP) is 10.2. The van der Waals surface area contributed by atoms with E-state index in [1.165, 1.54) is 16.7 Å². The molecular formula is C45H30N4O. The van der Waals surface area contributed by atoms with Crippen molar-refractivity contribution in [3.8, 4) is 40.4 Å². The van der Waals surface area contributed by atoms with Crippen LogP contribution < -0.4 is 4.74 Å². The van der Waals surface area contributed by atoms with Crippen molar-refractivity contribution < 1.29 is 4.74 Å². The molecule has 0 amide bonds. The molecule has 0 N–H and O–H groups in total. The van der Waals surface area contributed by atoms with E-state index in [9.17, 15) is 10.5 Å². The van der Waals surface area contributed by atoms with Crippen LogP contribution in [0.25, 0.3) is 56.5 Å². The highest BCUT2D eigenvalue weighted by atomic mass is 16.5. The summed E-state index contributed by atoms with van der Waals surface area (Å²) in [6.07, 6.45) is 9.18. The summed E-state index contributed by atoms with van der Waals surface area (Å²) in [6, 6.07) is 44.8. The molecule has 10 rings (SSSR count). The van der Waals surface area contributed by atoms with Gasteiger partial charge in [0.05, 0.1) is 51.4 Å². The van der Waals surface area contributed by atoms with E-state index in [0.29, 0.717) is 12.0 Å². The maximum atomic E-state index is 10.1. The van der Waals surface area contributed by atoms with Crippen LogP contribution in [0.2, 0.25) is 0 Å². The molecule has 236 valence electrons. The first-order chi connectivity index (χ1) is 24.6. The number of aromatic nitrogens is 2. The second-order valence-corrected chi connectivity index (χ2v) is 13.7. The third kappa shape index (κ3) is 3.86. The van der Waals surface area contributed by atoms with E-state index in [4.69, 9.17) is 4.74 Å². The Hall–Kier alpha value is -6.56. The molecule has 5 aromatic carbocycles. The number of hydrogen-bond acceptors (Lipinski definition) is 3. The minimum atomic E-state index is -0.293. The van der Waals surface area contributed by atoms with Crippen molar-refractivity contribution in [2.45, 2.75) is 24.9 Å². The minimum Gasteiger partial charge on any atom is -0.484 e. The quantitative estimate of drug-likeness (QED) is 0.193. The van der Waals surface area contributed by atoms with E-state index in [2.05, 4.69) is 137 Å². The number of ether oxygens (including phenoxy) is 1. The fourth-order valence-corrected chi connectivity index (χ4v) is 8.58. The van der Waals surface area contributed by atoms with Gasteiger partial charge >= 0.3 is 0 Å². The maximum Gasteiger partial charge on any atom is 0.139 e. The van der Waals surface area contributed by atoms with Crippen molar-refractivity contribution in [3.63, 3.8) is 0 Å². The lowest BCUT2D eigenvalue weighted by atomic mass is 9.73. The molecule has 7 aromatic rings. The molecule has 0 saturated heterocycles. The fourth-order valence-electron chi connectivity index (χ4n) is 8.58. The Kier molecular flexibility index (Phi) is 5.96. The molecule has 0 fully saturated rings. The smallest absolute Gasteiger partial charge is 0.139 e. The van der Waals surface area contributed by atoms with Gasteiger partial charge in [0.2, 0.25) is 0 Å². The molecule has 3 heterocycles. The minimum absolute atomic E-state index is 0.158.